The highest BCUT2D eigenvalue weighted by atomic mass is 31.2. The number of methoxy groups -OCH3 is 1. The molecule has 3 N–H and O–H groups in total. The van der Waals surface area contributed by atoms with Gasteiger partial charge in [-0.3, -0.25) is 9.32 Å². The molecule has 0 spiro atoms. The number of para-hydroxylation sites is 1. The van der Waals surface area contributed by atoms with Crippen LogP contribution in [0.5, 0.6) is 5.75 Å². The molecule has 25 heavy (non-hydrogen) atoms. The third-order valence-corrected chi connectivity index (χ3v) is 5.74. The average molecular weight is 373 g/mol. The van der Waals surface area contributed by atoms with Crippen LogP contribution in [0, 0.1) is 5.92 Å². The van der Waals surface area contributed by atoms with Gasteiger partial charge in [0.1, 0.15) is 11.8 Å². The van der Waals surface area contributed by atoms with Crippen LogP contribution < -0.4 is 9.61 Å². The molecule has 1 aromatic rings. The number of rotatable bonds is 8. The summed E-state index contributed by atoms with van der Waals surface area (Å²) in [6.07, 6.45) is -0.743. The van der Waals surface area contributed by atoms with Crippen molar-refractivity contribution in [3.05, 3.63) is 30.3 Å². The molecule has 0 amide bonds. The van der Waals surface area contributed by atoms with Gasteiger partial charge in [-0.05, 0) is 25.5 Å². The zero-order valence-electron chi connectivity index (χ0n) is 14.2. The van der Waals surface area contributed by atoms with Crippen molar-refractivity contribution in [3.63, 3.8) is 0 Å². The van der Waals surface area contributed by atoms with Gasteiger partial charge in [-0.25, -0.2) is 4.57 Å². The molecule has 1 aliphatic rings. The zero-order valence-corrected chi connectivity index (χ0v) is 15.1. The van der Waals surface area contributed by atoms with Gasteiger partial charge in [0, 0.05) is 18.9 Å². The van der Waals surface area contributed by atoms with Gasteiger partial charge in [0.05, 0.1) is 19.3 Å². The van der Waals surface area contributed by atoms with Crippen LogP contribution in [0.15, 0.2) is 30.3 Å². The molecule has 1 fully saturated rings. The number of hydrogen-bond donors (Lipinski definition) is 3. The quantitative estimate of drug-likeness (QED) is 0.464. The first-order valence-corrected chi connectivity index (χ1v) is 9.58. The Morgan fingerprint density at radius 2 is 2.04 bits per heavy atom. The van der Waals surface area contributed by atoms with Crippen molar-refractivity contribution >= 4 is 13.7 Å². The Bertz CT molecular complexity index is 612. The zero-order chi connectivity index (χ0) is 18.4. The Balaban J connectivity index is 2.14. The fraction of sp³-hybridized carbons (Fsp3) is 0.562. The second kappa shape index (κ2) is 8.78. The minimum atomic E-state index is -3.92. The molecule has 1 aromatic carbocycles. The van der Waals surface area contributed by atoms with E-state index in [9.17, 15) is 19.6 Å². The van der Waals surface area contributed by atoms with Crippen LogP contribution in [0.25, 0.3) is 0 Å². The van der Waals surface area contributed by atoms with Crippen LogP contribution in [0.4, 0.5) is 0 Å². The Kier molecular flexibility index (Phi) is 6.98. The molecule has 2 rings (SSSR count). The Hall–Kier alpha value is -1.44. The fourth-order valence-corrected chi connectivity index (χ4v) is 4.40. The molecule has 0 heterocycles. The van der Waals surface area contributed by atoms with Gasteiger partial charge in [0.15, 0.2) is 0 Å². The first-order valence-electron chi connectivity index (χ1n) is 8.04. The second-order valence-electron chi connectivity index (χ2n) is 5.98. The Morgan fingerprint density at radius 1 is 1.36 bits per heavy atom. The molecular weight excluding hydrogens is 349 g/mol. The lowest BCUT2D eigenvalue weighted by atomic mass is 10.1. The van der Waals surface area contributed by atoms with Gasteiger partial charge in [-0.15, -0.1) is 0 Å². The van der Waals surface area contributed by atoms with Gasteiger partial charge in [-0.2, -0.15) is 5.09 Å². The number of esters is 1. The molecule has 0 bridgehead atoms. The average Bonchev–Trinajstić information content (AvgIpc) is 2.93. The van der Waals surface area contributed by atoms with Gasteiger partial charge in [0.25, 0.3) is 0 Å². The van der Waals surface area contributed by atoms with Crippen LogP contribution >= 0.6 is 7.75 Å². The van der Waals surface area contributed by atoms with Gasteiger partial charge in [-0.1, -0.05) is 18.2 Å². The minimum Gasteiger partial charge on any atom is -0.468 e. The molecule has 2 unspecified atom stereocenters. The third kappa shape index (κ3) is 5.52. The lowest BCUT2D eigenvalue weighted by Crippen LogP contribution is -2.35. The van der Waals surface area contributed by atoms with Crippen LogP contribution in [-0.2, 0) is 18.6 Å². The number of aliphatic hydroxyl groups is 2. The molecule has 0 saturated heterocycles. The number of nitrogens with one attached hydrogen (secondary N) is 1. The van der Waals surface area contributed by atoms with Crippen molar-refractivity contribution in [2.24, 2.45) is 5.92 Å². The van der Waals surface area contributed by atoms with Crippen LogP contribution in [0.1, 0.15) is 19.8 Å². The third-order valence-electron chi connectivity index (χ3n) is 4.01. The van der Waals surface area contributed by atoms with E-state index in [2.05, 4.69) is 9.82 Å². The maximum absolute atomic E-state index is 13.2. The summed E-state index contributed by atoms with van der Waals surface area (Å²) in [6, 6.07) is 7.51. The predicted octanol–water partition coefficient (Wildman–Crippen LogP) is 1.47. The van der Waals surface area contributed by atoms with E-state index < -0.39 is 32.0 Å². The molecule has 9 heteroatoms. The SMILES string of the molecule is COC(=O)[C@H](C)NP(=O)(Oc1ccccc1)OC1C[C@H](CO)[C@@H](O)C1. The number of carbonyl (C=O) groups is 1. The molecule has 0 aromatic heterocycles. The van der Waals surface area contributed by atoms with Crippen LogP contribution in [0.3, 0.4) is 0 Å². The highest BCUT2D eigenvalue weighted by Crippen LogP contribution is 2.48. The molecule has 5 atom stereocenters. The maximum Gasteiger partial charge on any atom is 0.459 e. The van der Waals surface area contributed by atoms with Gasteiger partial charge >= 0.3 is 13.7 Å². The standard InChI is InChI=1S/C16H24NO7P/c1-11(16(20)22-2)17-25(21,23-13-6-4-3-5-7-13)24-14-8-12(10-18)15(19)9-14/h3-7,11-12,14-15,18-19H,8-10H2,1-2H3,(H,17,21)/t11-,12+,14?,15-,25?/m0/s1. The smallest absolute Gasteiger partial charge is 0.459 e. The van der Waals surface area contributed by atoms with Gasteiger partial charge < -0.3 is 19.5 Å². The molecule has 0 aliphatic heterocycles. The molecule has 0 radical (unpaired) electrons. The number of benzene rings is 1. The van der Waals surface area contributed by atoms with E-state index in [0.29, 0.717) is 12.2 Å². The molecule has 140 valence electrons. The van der Waals surface area contributed by atoms with Crippen molar-refractivity contribution in [3.8, 4) is 5.75 Å². The van der Waals surface area contributed by atoms with Crippen molar-refractivity contribution in [1.29, 1.82) is 0 Å². The predicted molar refractivity (Wildman–Crippen MR) is 90.0 cm³/mol. The summed E-state index contributed by atoms with van der Waals surface area (Å²) in [7, 11) is -2.69. The van der Waals surface area contributed by atoms with Crippen molar-refractivity contribution in [2.45, 2.75) is 38.0 Å². The normalized spacial score (nSPS) is 26.6. The van der Waals surface area contributed by atoms with E-state index in [1.54, 1.807) is 30.3 Å². The van der Waals surface area contributed by atoms with Crippen LogP contribution in [-0.4, -0.2) is 48.1 Å². The highest BCUT2D eigenvalue weighted by Gasteiger charge is 2.40. The second-order valence-corrected chi connectivity index (χ2v) is 7.63. The number of aliphatic hydroxyl groups excluding tert-OH is 2. The first-order chi connectivity index (χ1) is 11.9. The monoisotopic (exact) mass is 373 g/mol. The lowest BCUT2D eigenvalue weighted by molar-refractivity contribution is -0.142. The summed E-state index contributed by atoms with van der Waals surface area (Å²) in [5, 5.41) is 21.7. The summed E-state index contributed by atoms with van der Waals surface area (Å²) in [4.78, 5) is 11.6. The molecular formula is C16H24NO7P. The van der Waals surface area contributed by atoms with Crippen molar-refractivity contribution in [2.75, 3.05) is 13.7 Å². The molecule has 8 nitrogen and oxygen atoms in total. The summed E-state index contributed by atoms with van der Waals surface area (Å²) in [5.41, 5.74) is 0. The number of hydrogen-bond acceptors (Lipinski definition) is 7. The fourth-order valence-electron chi connectivity index (χ4n) is 2.70. The summed E-state index contributed by atoms with van der Waals surface area (Å²) < 4.78 is 28.9. The minimum absolute atomic E-state index is 0.184. The molecule has 1 aliphatic carbocycles. The van der Waals surface area contributed by atoms with E-state index in [0.717, 1.165) is 0 Å². The van der Waals surface area contributed by atoms with E-state index in [1.165, 1.54) is 14.0 Å². The molecule has 1 saturated carbocycles. The highest BCUT2D eigenvalue weighted by molar-refractivity contribution is 7.52. The number of carbonyl (C=O) groups excluding carboxylic acids is 1. The van der Waals surface area contributed by atoms with Gasteiger partial charge in [0.2, 0.25) is 0 Å². The largest absolute Gasteiger partial charge is 0.468 e. The summed E-state index contributed by atoms with van der Waals surface area (Å²) in [6.45, 7) is 1.30. The van der Waals surface area contributed by atoms with Crippen LogP contribution in [0.2, 0.25) is 0 Å². The Labute approximate surface area is 146 Å². The van der Waals surface area contributed by atoms with E-state index in [-0.39, 0.29) is 18.9 Å². The summed E-state index contributed by atoms with van der Waals surface area (Å²) in [5.74, 6) is -0.638. The van der Waals surface area contributed by atoms with E-state index >= 15 is 0 Å². The lowest BCUT2D eigenvalue weighted by Gasteiger charge is -2.25. The van der Waals surface area contributed by atoms with E-state index in [1.807, 2.05) is 0 Å². The number of ether oxygens (including phenoxy) is 1. The summed E-state index contributed by atoms with van der Waals surface area (Å²) >= 11 is 0. The van der Waals surface area contributed by atoms with Crippen molar-refractivity contribution in [1.82, 2.24) is 5.09 Å². The Morgan fingerprint density at radius 3 is 2.60 bits per heavy atom. The van der Waals surface area contributed by atoms with E-state index in [4.69, 9.17) is 9.05 Å². The first kappa shape index (κ1) is 19.9. The topological polar surface area (TPSA) is 114 Å². The van der Waals surface area contributed by atoms with Crippen molar-refractivity contribution < 1.29 is 33.4 Å². The maximum atomic E-state index is 13.2.